The third-order valence-electron chi connectivity index (χ3n) is 0.347. The number of halogens is 1. The molecule has 1 aromatic heterocycles. The summed E-state index contributed by atoms with van der Waals surface area (Å²) in [5.74, 6) is 0. The van der Waals surface area contributed by atoms with Gasteiger partial charge >= 0.3 is 0 Å². The lowest BCUT2D eigenvalue weighted by Crippen LogP contribution is -1.38. The molecule has 0 aliphatic carbocycles. The lowest BCUT2D eigenvalue weighted by molar-refractivity contribution is 1.43. The molecule has 0 aliphatic heterocycles. The van der Waals surface area contributed by atoms with Gasteiger partial charge in [0.25, 0.3) is 0 Å². The summed E-state index contributed by atoms with van der Waals surface area (Å²) >= 11 is 1.60. The highest BCUT2D eigenvalue weighted by Crippen LogP contribution is 1.85. The fourth-order valence-corrected chi connectivity index (χ4v) is 0.527. The quantitative estimate of drug-likeness (QED) is 0.508. The minimum Gasteiger partial charge on any atom is -0.253 e. The average molecular weight is 122 g/mol. The molecule has 0 N–H and O–H groups in total. The van der Waals surface area contributed by atoms with Crippen LogP contribution in [0.5, 0.6) is 0 Å². The van der Waals surface area contributed by atoms with Crippen LogP contribution in [-0.2, 0) is 0 Å². The Kier molecular flexibility index (Phi) is 3.08. The molecule has 0 aliphatic rings. The molecule has 34 valence electrons. The van der Waals surface area contributed by atoms with Crippen molar-refractivity contribution in [3.8, 4) is 0 Å². The summed E-state index contributed by atoms with van der Waals surface area (Å²) in [5, 5.41) is 1.93. The van der Waals surface area contributed by atoms with Crippen LogP contribution in [0.15, 0.2) is 17.1 Å². The molecule has 1 rings (SSSR count). The maximum absolute atomic E-state index is 3.74. The van der Waals surface area contributed by atoms with Crippen LogP contribution in [0.25, 0.3) is 0 Å². The van der Waals surface area contributed by atoms with Crippen LogP contribution in [0.1, 0.15) is 0 Å². The number of nitrogens with zero attached hydrogens (tertiary/aromatic N) is 1. The third-order valence-corrected chi connectivity index (χ3v) is 0.869. The van der Waals surface area contributed by atoms with Gasteiger partial charge in [-0.15, -0.1) is 23.7 Å². The summed E-state index contributed by atoms with van der Waals surface area (Å²) in [6.07, 6.45) is 1.77. The second-order valence-corrected chi connectivity index (χ2v) is 1.43. The predicted molar refractivity (Wildman–Crippen MR) is 29.4 cm³/mol. The Hall–Kier alpha value is -0.0800. The van der Waals surface area contributed by atoms with Gasteiger partial charge in [0.05, 0.1) is 5.51 Å². The number of hydrogen-bond donors (Lipinski definition) is 0. The summed E-state index contributed by atoms with van der Waals surface area (Å²) in [6.45, 7) is 0. The van der Waals surface area contributed by atoms with E-state index in [1.54, 1.807) is 23.0 Å². The van der Waals surface area contributed by atoms with Crippen molar-refractivity contribution in [1.29, 1.82) is 0 Å². The molecule has 6 heavy (non-hydrogen) atoms. The maximum atomic E-state index is 3.74. The number of rotatable bonds is 0. The van der Waals surface area contributed by atoms with Gasteiger partial charge in [0.2, 0.25) is 0 Å². The number of thiazole rings is 1. The van der Waals surface area contributed by atoms with Crippen LogP contribution >= 0.6 is 23.7 Å². The fraction of sp³-hybridized carbons (Fsp3) is 0. The van der Waals surface area contributed by atoms with E-state index < -0.39 is 0 Å². The zero-order chi connectivity index (χ0) is 3.54. The van der Waals surface area contributed by atoms with E-state index >= 15 is 0 Å². The first kappa shape index (κ1) is 5.92. The van der Waals surface area contributed by atoms with Crippen molar-refractivity contribution < 1.29 is 0 Å². The Balaban J connectivity index is 0.000000250. The molecule has 0 bridgehead atoms. The summed E-state index contributed by atoms with van der Waals surface area (Å²) in [4.78, 5) is 3.74. The zero-order valence-electron chi connectivity index (χ0n) is 3.00. The van der Waals surface area contributed by atoms with E-state index in [0.29, 0.717) is 0 Å². The predicted octanol–water partition coefficient (Wildman–Crippen LogP) is 1.56. The van der Waals surface area contributed by atoms with Crippen LogP contribution in [0, 0.1) is 0 Å². The van der Waals surface area contributed by atoms with Crippen molar-refractivity contribution in [3.05, 3.63) is 17.1 Å². The van der Waals surface area contributed by atoms with Crippen molar-refractivity contribution in [2.24, 2.45) is 0 Å². The minimum absolute atomic E-state index is 0. The lowest BCUT2D eigenvalue weighted by Gasteiger charge is -1.41. The van der Waals surface area contributed by atoms with E-state index in [4.69, 9.17) is 0 Å². The summed E-state index contributed by atoms with van der Waals surface area (Å²) in [7, 11) is 0. The zero-order valence-corrected chi connectivity index (χ0v) is 4.63. The molecule has 0 radical (unpaired) electrons. The van der Waals surface area contributed by atoms with Gasteiger partial charge in [-0.05, 0) is 0 Å². The smallest absolute Gasteiger partial charge is 0.0791 e. The first-order chi connectivity index (χ1) is 2.50. The third kappa shape index (κ3) is 1.38. The van der Waals surface area contributed by atoms with E-state index in [0.717, 1.165) is 0 Å². The highest BCUT2D eigenvalue weighted by atomic mass is 35.5. The Morgan fingerprint density at radius 3 is 2.50 bits per heavy atom. The van der Waals surface area contributed by atoms with E-state index in [2.05, 4.69) is 4.98 Å². The van der Waals surface area contributed by atoms with Crippen LogP contribution in [0.3, 0.4) is 0 Å². The van der Waals surface area contributed by atoms with Crippen LogP contribution in [0.2, 0.25) is 0 Å². The molecule has 0 spiro atoms. The number of hydrogen-bond acceptors (Lipinski definition) is 2. The van der Waals surface area contributed by atoms with E-state index in [1.165, 1.54) is 0 Å². The van der Waals surface area contributed by atoms with Gasteiger partial charge in [-0.25, -0.2) is 0 Å². The molecule has 0 fully saturated rings. The summed E-state index contributed by atoms with van der Waals surface area (Å²) in [5.41, 5.74) is 1.79. The van der Waals surface area contributed by atoms with Crippen molar-refractivity contribution in [3.63, 3.8) is 0 Å². The maximum Gasteiger partial charge on any atom is 0.0791 e. The largest absolute Gasteiger partial charge is 0.253 e. The van der Waals surface area contributed by atoms with Gasteiger partial charge in [0, 0.05) is 11.6 Å². The molecule has 0 saturated heterocycles. The molecule has 0 aromatic carbocycles. The number of aromatic nitrogens is 1. The molecule has 0 amide bonds. The van der Waals surface area contributed by atoms with Crippen molar-refractivity contribution in [1.82, 2.24) is 4.98 Å². The van der Waals surface area contributed by atoms with Crippen LogP contribution in [-0.4, -0.2) is 4.98 Å². The van der Waals surface area contributed by atoms with Gasteiger partial charge in [0.1, 0.15) is 0 Å². The molecular weight excluding hydrogens is 118 g/mol. The van der Waals surface area contributed by atoms with Crippen molar-refractivity contribution in [2.45, 2.75) is 0 Å². The summed E-state index contributed by atoms with van der Waals surface area (Å²) < 4.78 is 0. The second kappa shape index (κ2) is 3.12. The van der Waals surface area contributed by atoms with Crippen LogP contribution in [0.4, 0.5) is 0 Å². The van der Waals surface area contributed by atoms with Crippen molar-refractivity contribution in [2.75, 3.05) is 0 Å². The Morgan fingerprint density at radius 1 is 1.50 bits per heavy atom. The summed E-state index contributed by atoms with van der Waals surface area (Å²) in [6, 6.07) is 0. The molecule has 1 heterocycles. The van der Waals surface area contributed by atoms with Gasteiger partial charge < -0.3 is 0 Å². The molecule has 0 atom stereocenters. The molecule has 1 nitrogen and oxygen atoms in total. The Morgan fingerprint density at radius 2 is 2.33 bits per heavy atom. The minimum atomic E-state index is 0. The highest BCUT2D eigenvalue weighted by Gasteiger charge is 1.59. The van der Waals surface area contributed by atoms with Crippen molar-refractivity contribution >= 4 is 23.7 Å². The first-order valence-corrected chi connectivity index (χ1v) is 2.26. The first-order valence-electron chi connectivity index (χ1n) is 1.32. The van der Waals surface area contributed by atoms with Gasteiger partial charge in [0.15, 0.2) is 0 Å². The fourth-order valence-electron chi connectivity index (χ4n) is 0.176. The Labute approximate surface area is 46.4 Å². The molecule has 3 heteroatoms. The molecule has 0 saturated carbocycles. The lowest BCUT2D eigenvalue weighted by atomic mass is 11.0. The SMILES string of the molecule is Cl.c1cscn1. The molecular formula is C3H4ClNS. The van der Waals surface area contributed by atoms with E-state index in [1.807, 2.05) is 5.38 Å². The van der Waals surface area contributed by atoms with E-state index in [-0.39, 0.29) is 12.4 Å². The average Bonchev–Trinajstić information content (AvgIpc) is 1.76. The normalized spacial score (nSPS) is 6.67. The topological polar surface area (TPSA) is 12.9 Å². The molecule has 1 aromatic rings. The molecule has 0 unspecified atom stereocenters. The monoisotopic (exact) mass is 121 g/mol. The second-order valence-electron chi connectivity index (χ2n) is 0.676. The van der Waals surface area contributed by atoms with Gasteiger partial charge in [-0.3, -0.25) is 4.98 Å². The van der Waals surface area contributed by atoms with Gasteiger partial charge in [-0.2, -0.15) is 0 Å². The standard InChI is InChI=1S/C3H3NS.ClH/c1-2-5-3-4-1;/h1-3H;1H. The van der Waals surface area contributed by atoms with Gasteiger partial charge in [-0.1, -0.05) is 0 Å². The highest BCUT2D eigenvalue weighted by molar-refractivity contribution is 7.07. The Bertz CT molecular complexity index is 67.3. The van der Waals surface area contributed by atoms with E-state index in [9.17, 15) is 0 Å². The van der Waals surface area contributed by atoms with Crippen LogP contribution < -0.4 is 0 Å².